The van der Waals surface area contributed by atoms with Gasteiger partial charge >= 0.3 is 13.5 Å². The fraction of sp³-hybridized carbons (Fsp3) is 0.526. The fourth-order valence-electron chi connectivity index (χ4n) is 4.93. The van der Waals surface area contributed by atoms with Gasteiger partial charge < -0.3 is 51.2 Å². The number of nitrogen functional groups attached to an aromatic ring is 2. The summed E-state index contributed by atoms with van der Waals surface area (Å²) >= 11 is 0. The van der Waals surface area contributed by atoms with E-state index in [2.05, 4.69) is 19.9 Å². The quantitative estimate of drug-likeness (QED) is 0.126. The van der Waals surface area contributed by atoms with Gasteiger partial charge in [0.1, 0.15) is 48.2 Å². The normalized spacial score (nSPS) is 32.2. The van der Waals surface area contributed by atoms with Gasteiger partial charge in [0.2, 0.25) is 0 Å². The zero-order chi connectivity index (χ0) is 28.2. The molecule has 9 unspecified atom stereocenters. The number of nitrogens with two attached hydrogens (primary N) is 2. The van der Waals surface area contributed by atoms with Crippen LogP contribution in [0.5, 0.6) is 0 Å². The van der Waals surface area contributed by atoms with Gasteiger partial charge in [-0.05, 0) is 6.07 Å². The van der Waals surface area contributed by atoms with E-state index in [1.165, 1.54) is 23.2 Å². The Morgan fingerprint density at radius 3 is 2.44 bits per heavy atom. The summed E-state index contributed by atoms with van der Waals surface area (Å²) in [4.78, 5) is 47.2. The molecule has 0 spiro atoms. The van der Waals surface area contributed by atoms with Crippen LogP contribution in [0.1, 0.15) is 12.5 Å². The molecule has 2 aliphatic rings. The zero-order valence-electron chi connectivity index (χ0n) is 19.7. The Balaban J connectivity index is 1.52. The molecule has 5 heterocycles. The summed E-state index contributed by atoms with van der Waals surface area (Å²) in [5.74, 6) is -1.58. The monoisotopic (exact) mass is 572 g/mol. The summed E-state index contributed by atoms with van der Waals surface area (Å²) in [5, 5.41) is 42.9. The van der Waals surface area contributed by atoms with Crippen molar-refractivity contribution in [3.63, 3.8) is 0 Å². The molecule has 20 heteroatoms. The largest absolute Gasteiger partial charge is 0.469 e. The number of anilines is 2. The van der Waals surface area contributed by atoms with Crippen LogP contribution in [-0.2, 0) is 18.6 Å². The van der Waals surface area contributed by atoms with Crippen LogP contribution in [-0.4, -0.2) is 103 Å². The first-order chi connectivity index (χ1) is 18.4. The molecule has 5 rings (SSSR count). The van der Waals surface area contributed by atoms with Crippen LogP contribution in [0, 0.1) is 5.92 Å². The molecule has 3 aromatic heterocycles. The third-order valence-electron chi connectivity index (χ3n) is 6.63. The molecule has 212 valence electrons. The number of ether oxygens (including phenoxy) is 2. The average Bonchev–Trinajstić information content (AvgIpc) is 3.52. The molecule has 0 bridgehead atoms. The Kier molecular flexibility index (Phi) is 7.14. The number of nitrogens with zero attached hydrogens (tertiary/aromatic N) is 6. The maximum Gasteiger partial charge on any atom is 0.469 e. The van der Waals surface area contributed by atoms with E-state index in [0.29, 0.717) is 0 Å². The second kappa shape index (κ2) is 10.1. The number of rotatable bonds is 7. The van der Waals surface area contributed by atoms with Crippen LogP contribution in [0.3, 0.4) is 0 Å². The van der Waals surface area contributed by atoms with E-state index in [9.17, 15) is 39.6 Å². The Bertz CT molecular complexity index is 1460. The molecule has 0 radical (unpaired) electrons. The van der Waals surface area contributed by atoms with Gasteiger partial charge in [-0.25, -0.2) is 24.3 Å². The molecule has 10 N–H and O–H groups in total. The van der Waals surface area contributed by atoms with Gasteiger partial charge in [-0.15, -0.1) is 0 Å². The fourth-order valence-corrected chi connectivity index (χ4v) is 5.51. The maximum atomic E-state index is 12.4. The Hall–Kier alpha value is -3.10. The lowest BCUT2D eigenvalue weighted by atomic mass is 9.87. The van der Waals surface area contributed by atoms with E-state index in [4.69, 9.17) is 25.5 Å². The van der Waals surface area contributed by atoms with Crippen molar-refractivity contribution >= 4 is 30.6 Å². The van der Waals surface area contributed by atoms with Gasteiger partial charge in [0.25, 0.3) is 0 Å². The van der Waals surface area contributed by atoms with Crippen molar-refractivity contribution < 1.29 is 48.8 Å². The number of aliphatic hydroxyl groups excluding tert-OH is 4. The SMILES string of the molecule is Nc1ccn(C2OC(CO)C(C(OP(=O)(O)O)C3OC(n4cnc5c(N)ncnc54)C(O)C3O)C2O)c(=O)n1. The minimum atomic E-state index is -5.34. The second-order valence-electron chi connectivity index (χ2n) is 8.97. The molecule has 0 aromatic carbocycles. The summed E-state index contributed by atoms with van der Waals surface area (Å²) in [7, 11) is -5.34. The first kappa shape index (κ1) is 27.5. The van der Waals surface area contributed by atoms with Crippen LogP contribution in [0.4, 0.5) is 11.6 Å². The summed E-state index contributed by atoms with van der Waals surface area (Å²) < 4.78 is 30.5. The summed E-state index contributed by atoms with van der Waals surface area (Å²) in [5.41, 5.74) is 10.7. The average molecular weight is 572 g/mol. The predicted octanol–water partition coefficient (Wildman–Crippen LogP) is -3.79. The molecule has 0 saturated carbocycles. The predicted molar refractivity (Wildman–Crippen MR) is 126 cm³/mol. The number of aliphatic hydroxyl groups is 4. The molecular weight excluding hydrogens is 547 g/mol. The van der Waals surface area contributed by atoms with Gasteiger partial charge in [-0.2, -0.15) is 4.98 Å². The molecule has 2 fully saturated rings. The van der Waals surface area contributed by atoms with Crippen LogP contribution >= 0.6 is 7.82 Å². The highest BCUT2D eigenvalue weighted by Gasteiger charge is 2.58. The van der Waals surface area contributed by atoms with Crippen LogP contribution in [0.15, 0.2) is 29.7 Å². The van der Waals surface area contributed by atoms with Crippen molar-refractivity contribution in [3.05, 3.63) is 35.4 Å². The zero-order valence-corrected chi connectivity index (χ0v) is 20.6. The molecule has 19 nitrogen and oxygen atoms in total. The van der Waals surface area contributed by atoms with Gasteiger partial charge in [0.15, 0.2) is 23.9 Å². The van der Waals surface area contributed by atoms with E-state index in [1.54, 1.807) is 0 Å². The van der Waals surface area contributed by atoms with Crippen LogP contribution in [0.25, 0.3) is 11.2 Å². The molecule has 2 aliphatic heterocycles. The maximum absolute atomic E-state index is 12.4. The van der Waals surface area contributed by atoms with Crippen molar-refractivity contribution in [1.29, 1.82) is 0 Å². The van der Waals surface area contributed by atoms with Crippen molar-refractivity contribution in [1.82, 2.24) is 29.1 Å². The van der Waals surface area contributed by atoms with E-state index >= 15 is 0 Å². The minimum absolute atomic E-state index is 0.0292. The third kappa shape index (κ3) is 4.89. The van der Waals surface area contributed by atoms with E-state index in [-0.39, 0.29) is 22.8 Å². The topological polar surface area (TPSA) is 297 Å². The molecule has 0 aliphatic carbocycles. The van der Waals surface area contributed by atoms with E-state index in [0.717, 1.165) is 10.9 Å². The van der Waals surface area contributed by atoms with Gasteiger partial charge in [0, 0.05) is 12.1 Å². The first-order valence-corrected chi connectivity index (χ1v) is 12.9. The standard InChI is InChI=1S/C19H25N8O11P/c20-7-1-2-26(19(32)25-7)17-10(29)8(6(3-28)36-17)13(38-39(33,34)35)14-11(30)12(31)18(37-14)27-5-24-9-15(21)22-4-23-16(9)27/h1-2,4-6,8,10-14,17-18,28-31H,3H2,(H2,20,25,32)(H2,21,22,23)(H2,33,34,35). The summed E-state index contributed by atoms with van der Waals surface area (Å²) in [6, 6.07) is 1.25. The van der Waals surface area contributed by atoms with E-state index in [1.807, 2.05) is 0 Å². The Morgan fingerprint density at radius 1 is 1.05 bits per heavy atom. The smallest absolute Gasteiger partial charge is 0.394 e. The van der Waals surface area contributed by atoms with Crippen molar-refractivity contribution in [2.24, 2.45) is 5.92 Å². The number of phosphoric acid groups is 1. The highest BCUT2D eigenvalue weighted by atomic mass is 31.2. The molecule has 9 atom stereocenters. The molecular formula is C19H25N8O11P. The van der Waals surface area contributed by atoms with Crippen molar-refractivity contribution in [3.8, 4) is 0 Å². The molecule has 2 saturated heterocycles. The van der Waals surface area contributed by atoms with Gasteiger partial charge in [-0.1, -0.05) is 0 Å². The Morgan fingerprint density at radius 2 is 1.77 bits per heavy atom. The summed E-state index contributed by atoms with van der Waals surface area (Å²) in [6.07, 6.45) is -9.65. The van der Waals surface area contributed by atoms with Crippen molar-refractivity contribution in [2.45, 2.75) is 49.1 Å². The highest BCUT2D eigenvalue weighted by molar-refractivity contribution is 7.46. The molecule has 0 amide bonds. The van der Waals surface area contributed by atoms with Crippen LogP contribution in [0.2, 0.25) is 0 Å². The first-order valence-electron chi connectivity index (χ1n) is 11.4. The lowest BCUT2D eigenvalue weighted by molar-refractivity contribution is -0.118. The third-order valence-corrected chi connectivity index (χ3v) is 7.15. The lowest BCUT2D eigenvalue weighted by Crippen LogP contribution is -2.50. The summed E-state index contributed by atoms with van der Waals surface area (Å²) in [6.45, 7) is -0.798. The lowest BCUT2D eigenvalue weighted by Gasteiger charge is -2.33. The minimum Gasteiger partial charge on any atom is -0.394 e. The Labute approximate surface area is 217 Å². The number of phosphoric ester groups is 1. The van der Waals surface area contributed by atoms with Crippen LogP contribution < -0.4 is 17.2 Å². The number of imidazole rings is 1. The van der Waals surface area contributed by atoms with E-state index < -0.39 is 75.1 Å². The molecule has 3 aromatic rings. The molecule has 39 heavy (non-hydrogen) atoms. The number of hydrogen-bond acceptors (Lipinski definition) is 15. The number of aromatic nitrogens is 6. The van der Waals surface area contributed by atoms with Gasteiger partial charge in [0.05, 0.1) is 19.0 Å². The highest BCUT2D eigenvalue weighted by Crippen LogP contribution is 2.48. The number of fused-ring (bicyclic) bond motifs is 1. The number of hydrogen-bond donors (Lipinski definition) is 8. The van der Waals surface area contributed by atoms with Crippen molar-refractivity contribution in [2.75, 3.05) is 18.1 Å². The van der Waals surface area contributed by atoms with Gasteiger partial charge in [-0.3, -0.25) is 13.7 Å². The second-order valence-corrected chi connectivity index (χ2v) is 10.2.